The van der Waals surface area contributed by atoms with Crippen LogP contribution in [0.5, 0.6) is 5.75 Å². The van der Waals surface area contributed by atoms with E-state index >= 15 is 0 Å². The fourth-order valence-electron chi connectivity index (χ4n) is 2.84. The first-order valence-electron chi connectivity index (χ1n) is 8.77. The van der Waals surface area contributed by atoms with E-state index in [0.717, 1.165) is 16.9 Å². The highest BCUT2D eigenvalue weighted by Gasteiger charge is 2.28. The average molecular weight is 354 g/mol. The van der Waals surface area contributed by atoms with Gasteiger partial charge in [-0.3, -0.25) is 9.59 Å². The van der Waals surface area contributed by atoms with Crippen molar-refractivity contribution in [2.75, 3.05) is 13.7 Å². The van der Waals surface area contributed by atoms with E-state index in [1.807, 2.05) is 61.5 Å². The van der Waals surface area contributed by atoms with Crippen LogP contribution in [0.1, 0.15) is 25.0 Å². The van der Waals surface area contributed by atoms with Gasteiger partial charge in [-0.2, -0.15) is 0 Å². The first kappa shape index (κ1) is 19.5. The number of rotatable bonds is 8. The van der Waals surface area contributed by atoms with Gasteiger partial charge in [-0.15, -0.1) is 0 Å². The number of hydrogen-bond acceptors (Lipinski definition) is 3. The van der Waals surface area contributed by atoms with Gasteiger partial charge >= 0.3 is 0 Å². The second-order valence-electron chi connectivity index (χ2n) is 6.10. The molecule has 0 bridgehead atoms. The molecule has 26 heavy (non-hydrogen) atoms. The number of methoxy groups -OCH3 is 1. The van der Waals surface area contributed by atoms with Crippen molar-refractivity contribution in [3.8, 4) is 5.75 Å². The Kier molecular flexibility index (Phi) is 7.21. The molecule has 0 saturated heterocycles. The molecule has 0 unspecified atom stereocenters. The standard InChI is InChI=1S/C21H26N2O3/c1-4-22-21(25)20(14-17-8-6-5-7-9-17)23(16(2)24)15-18-10-12-19(26-3)13-11-18/h5-13,20H,4,14-15H2,1-3H3,(H,22,25)/t20-/m0/s1. The Bertz CT molecular complexity index is 714. The largest absolute Gasteiger partial charge is 0.497 e. The van der Waals surface area contributed by atoms with Crippen molar-refractivity contribution in [1.29, 1.82) is 0 Å². The molecule has 0 radical (unpaired) electrons. The maximum absolute atomic E-state index is 12.7. The van der Waals surface area contributed by atoms with Crippen molar-refractivity contribution in [2.24, 2.45) is 0 Å². The summed E-state index contributed by atoms with van der Waals surface area (Å²) < 4.78 is 5.17. The number of ether oxygens (including phenoxy) is 1. The molecule has 1 atom stereocenters. The van der Waals surface area contributed by atoms with Crippen LogP contribution in [-0.2, 0) is 22.6 Å². The number of nitrogens with zero attached hydrogens (tertiary/aromatic N) is 1. The van der Waals surface area contributed by atoms with Crippen molar-refractivity contribution in [2.45, 2.75) is 32.9 Å². The minimum Gasteiger partial charge on any atom is -0.497 e. The lowest BCUT2D eigenvalue weighted by atomic mass is 10.0. The van der Waals surface area contributed by atoms with E-state index in [2.05, 4.69) is 5.32 Å². The van der Waals surface area contributed by atoms with Gasteiger partial charge in [-0.1, -0.05) is 42.5 Å². The molecule has 2 amide bonds. The summed E-state index contributed by atoms with van der Waals surface area (Å²) >= 11 is 0. The van der Waals surface area contributed by atoms with E-state index < -0.39 is 6.04 Å². The van der Waals surface area contributed by atoms with Crippen LogP contribution in [0, 0.1) is 0 Å². The zero-order chi connectivity index (χ0) is 18.9. The Labute approximate surface area is 155 Å². The first-order valence-corrected chi connectivity index (χ1v) is 8.77. The van der Waals surface area contributed by atoms with Crippen LogP contribution in [0.15, 0.2) is 54.6 Å². The molecule has 5 heteroatoms. The third kappa shape index (κ3) is 5.34. The molecular formula is C21H26N2O3. The third-order valence-corrected chi connectivity index (χ3v) is 4.22. The molecule has 2 aromatic carbocycles. The van der Waals surface area contributed by atoms with Crippen LogP contribution in [0.4, 0.5) is 0 Å². The molecule has 0 aliphatic heterocycles. The topological polar surface area (TPSA) is 58.6 Å². The quantitative estimate of drug-likeness (QED) is 0.793. The predicted molar refractivity (Wildman–Crippen MR) is 102 cm³/mol. The van der Waals surface area contributed by atoms with Crippen LogP contribution < -0.4 is 10.1 Å². The lowest BCUT2D eigenvalue weighted by Crippen LogP contribution is -2.49. The number of nitrogens with one attached hydrogen (secondary N) is 1. The van der Waals surface area contributed by atoms with Crippen molar-refractivity contribution in [3.63, 3.8) is 0 Å². The zero-order valence-electron chi connectivity index (χ0n) is 15.6. The maximum Gasteiger partial charge on any atom is 0.243 e. The third-order valence-electron chi connectivity index (χ3n) is 4.22. The highest BCUT2D eigenvalue weighted by Crippen LogP contribution is 2.17. The second-order valence-corrected chi connectivity index (χ2v) is 6.10. The van der Waals surface area contributed by atoms with Crippen LogP contribution in [-0.4, -0.2) is 36.4 Å². The average Bonchev–Trinajstić information content (AvgIpc) is 2.66. The van der Waals surface area contributed by atoms with E-state index in [1.165, 1.54) is 6.92 Å². The molecular weight excluding hydrogens is 328 g/mol. The van der Waals surface area contributed by atoms with Crippen LogP contribution in [0.3, 0.4) is 0 Å². The summed E-state index contributed by atoms with van der Waals surface area (Å²) in [5.74, 6) is 0.487. The number of carbonyl (C=O) groups is 2. The lowest BCUT2D eigenvalue weighted by Gasteiger charge is -2.30. The molecule has 0 aromatic heterocycles. The van der Waals surface area contributed by atoms with E-state index in [0.29, 0.717) is 19.5 Å². The van der Waals surface area contributed by atoms with Crippen LogP contribution in [0.2, 0.25) is 0 Å². The number of carbonyl (C=O) groups excluding carboxylic acids is 2. The highest BCUT2D eigenvalue weighted by atomic mass is 16.5. The minimum absolute atomic E-state index is 0.131. The molecule has 0 saturated carbocycles. The van der Waals surface area contributed by atoms with E-state index in [-0.39, 0.29) is 11.8 Å². The SMILES string of the molecule is CCNC(=O)[C@H](Cc1ccccc1)N(Cc1ccc(OC)cc1)C(C)=O. The second kappa shape index (κ2) is 9.61. The molecule has 5 nitrogen and oxygen atoms in total. The van der Waals surface area contributed by atoms with E-state index in [1.54, 1.807) is 12.0 Å². The van der Waals surface area contributed by atoms with Gasteiger partial charge in [0.1, 0.15) is 11.8 Å². The van der Waals surface area contributed by atoms with Gasteiger partial charge in [0.25, 0.3) is 0 Å². The van der Waals surface area contributed by atoms with Gasteiger partial charge in [0.05, 0.1) is 7.11 Å². The Morgan fingerprint density at radius 2 is 1.69 bits per heavy atom. The van der Waals surface area contributed by atoms with Gasteiger partial charge in [0, 0.05) is 26.4 Å². The highest BCUT2D eigenvalue weighted by molar-refractivity contribution is 5.87. The first-order chi connectivity index (χ1) is 12.5. The Hall–Kier alpha value is -2.82. The van der Waals surface area contributed by atoms with Crippen molar-refractivity contribution >= 4 is 11.8 Å². The fraction of sp³-hybridized carbons (Fsp3) is 0.333. The number of likely N-dealkylation sites (N-methyl/N-ethyl adjacent to an activating group) is 1. The Balaban J connectivity index is 2.26. The van der Waals surface area contributed by atoms with Crippen LogP contribution in [0.25, 0.3) is 0 Å². The summed E-state index contributed by atoms with van der Waals surface area (Å²) in [5.41, 5.74) is 1.97. The Morgan fingerprint density at radius 1 is 1.04 bits per heavy atom. The summed E-state index contributed by atoms with van der Waals surface area (Å²) in [6, 6.07) is 16.7. The summed E-state index contributed by atoms with van der Waals surface area (Å²) in [5, 5.41) is 2.85. The lowest BCUT2D eigenvalue weighted by molar-refractivity contribution is -0.139. The van der Waals surface area contributed by atoms with Crippen LogP contribution >= 0.6 is 0 Å². The molecule has 0 fully saturated rings. The number of amides is 2. The smallest absolute Gasteiger partial charge is 0.243 e. The molecule has 2 aromatic rings. The zero-order valence-corrected chi connectivity index (χ0v) is 15.6. The van der Waals surface area contributed by atoms with Crippen molar-refractivity contribution in [3.05, 3.63) is 65.7 Å². The van der Waals surface area contributed by atoms with Crippen molar-refractivity contribution in [1.82, 2.24) is 10.2 Å². The summed E-state index contributed by atoms with van der Waals surface area (Å²) in [6.45, 7) is 4.27. The Morgan fingerprint density at radius 3 is 2.23 bits per heavy atom. The van der Waals surface area contributed by atoms with Crippen molar-refractivity contribution < 1.29 is 14.3 Å². The number of hydrogen-bond donors (Lipinski definition) is 1. The van der Waals surface area contributed by atoms with Gasteiger partial charge in [-0.25, -0.2) is 0 Å². The predicted octanol–water partition coefficient (Wildman–Crippen LogP) is 2.79. The maximum atomic E-state index is 12.7. The van der Waals surface area contributed by atoms with Gasteiger partial charge < -0.3 is 15.0 Å². The van der Waals surface area contributed by atoms with E-state index in [9.17, 15) is 9.59 Å². The molecule has 0 spiro atoms. The molecule has 0 aliphatic rings. The number of benzene rings is 2. The molecule has 0 aliphatic carbocycles. The summed E-state index contributed by atoms with van der Waals surface area (Å²) in [4.78, 5) is 26.6. The fourth-order valence-corrected chi connectivity index (χ4v) is 2.84. The monoisotopic (exact) mass is 354 g/mol. The van der Waals surface area contributed by atoms with Gasteiger partial charge in [0.2, 0.25) is 11.8 Å². The van der Waals surface area contributed by atoms with Gasteiger partial charge in [0.15, 0.2) is 0 Å². The molecule has 2 rings (SSSR count). The minimum atomic E-state index is -0.558. The summed E-state index contributed by atoms with van der Waals surface area (Å²) in [6.07, 6.45) is 0.475. The molecule has 138 valence electrons. The molecule has 0 heterocycles. The van der Waals surface area contributed by atoms with Gasteiger partial charge in [-0.05, 0) is 30.2 Å². The van der Waals surface area contributed by atoms with E-state index in [4.69, 9.17) is 4.74 Å². The summed E-state index contributed by atoms with van der Waals surface area (Å²) in [7, 11) is 1.61. The normalized spacial score (nSPS) is 11.5. The molecule has 1 N–H and O–H groups in total.